The summed E-state index contributed by atoms with van der Waals surface area (Å²) in [4.78, 5) is 52.0. The highest BCUT2D eigenvalue weighted by atomic mass is 32.2. The molecule has 0 aliphatic carbocycles. The first-order valence-corrected chi connectivity index (χ1v) is 16.9. The van der Waals surface area contributed by atoms with Crippen LogP contribution in [0.1, 0.15) is 69.5 Å². The van der Waals surface area contributed by atoms with Crippen LogP contribution in [0.25, 0.3) is 5.69 Å². The molecule has 0 aliphatic heterocycles. The van der Waals surface area contributed by atoms with E-state index in [9.17, 15) is 19.2 Å². The molecule has 1 atom stereocenters. The molecular formula is C33H37N5O8S2. The number of thioether (sulfide) groups is 1. The number of benzene rings is 2. The molecule has 0 bridgehead atoms. The van der Waals surface area contributed by atoms with Gasteiger partial charge >= 0.3 is 11.9 Å². The molecule has 0 unspecified atom stereocenters. The van der Waals surface area contributed by atoms with Crippen molar-refractivity contribution < 1.29 is 38.1 Å². The van der Waals surface area contributed by atoms with Crippen molar-refractivity contribution in [3.05, 3.63) is 75.9 Å². The van der Waals surface area contributed by atoms with Gasteiger partial charge in [-0.3, -0.25) is 14.2 Å². The number of amides is 2. The lowest BCUT2D eigenvalue weighted by Crippen LogP contribution is -2.25. The van der Waals surface area contributed by atoms with E-state index in [1.54, 1.807) is 75.8 Å². The molecule has 0 saturated carbocycles. The van der Waals surface area contributed by atoms with Gasteiger partial charge in [-0.05, 0) is 88.7 Å². The number of thiophene rings is 1. The Morgan fingerprint density at radius 3 is 2.17 bits per heavy atom. The number of ether oxygens (including phenoxy) is 4. The number of nitrogens with one attached hydrogen (secondary N) is 2. The van der Waals surface area contributed by atoms with Crippen molar-refractivity contribution in [2.24, 2.45) is 0 Å². The van der Waals surface area contributed by atoms with Gasteiger partial charge in [-0.2, -0.15) is 0 Å². The summed E-state index contributed by atoms with van der Waals surface area (Å²) >= 11 is 2.08. The molecule has 2 aromatic carbocycles. The maximum atomic E-state index is 13.5. The lowest BCUT2D eigenvalue weighted by molar-refractivity contribution is -0.115. The van der Waals surface area contributed by atoms with Gasteiger partial charge in [0, 0.05) is 11.3 Å². The van der Waals surface area contributed by atoms with Gasteiger partial charge in [0.2, 0.25) is 5.91 Å². The number of hydrogen-bond donors (Lipinski definition) is 2. The highest BCUT2D eigenvalue weighted by Crippen LogP contribution is 2.35. The number of carbonyl (C=O) groups is 4. The van der Waals surface area contributed by atoms with Gasteiger partial charge in [0.05, 0.1) is 44.3 Å². The van der Waals surface area contributed by atoms with Crippen molar-refractivity contribution in [1.82, 2.24) is 20.1 Å². The van der Waals surface area contributed by atoms with Gasteiger partial charge in [-0.1, -0.05) is 11.8 Å². The second-order valence-electron chi connectivity index (χ2n) is 10.0. The average Bonchev–Trinajstić information content (AvgIpc) is 3.63. The molecule has 48 heavy (non-hydrogen) atoms. The quantitative estimate of drug-likeness (QED) is 0.120. The average molecular weight is 696 g/mol. The number of esters is 2. The molecular weight excluding hydrogens is 659 g/mol. The predicted octanol–water partition coefficient (Wildman–Crippen LogP) is 5.45. The van der Waals surface area contributed by atoms with Gasteiger partial charge in [-0.15, -0.1) is 21.5 Å². The fourth-order valence-electron chi connectivity index (χ4n) is 4.48. The molecule has 13 nitrogen and oxygen atoms in total. The summed E-state index contributed by atoms with van der Waals surface area (Å²) in [5, 5.41) is 14.2. The number of carbonyl (C=O) groups excluding carboxylic acids is 4. The van der Waals surface area contributed by atoms with Crippen LogP contribution in [0.2, 0.25) is 0 Å². The van der Waals surface area contributed by atoms with Gasteiger partial charge in [0.25, 0.3) is 5.91 Å². The van der Waals surface area contributed by atoms with Crippen LogP contribution in [-0.4, -0.2) is 70.7 Å². The Hall–Kier alpha value is -4.89. The molecule has 0 radical (unpaired) electrons. The summed E-state index contributed by atoms with van der Waals surface area (Å²) in [6.45, 7) is 9.35. The van der Waals surface area contributed by atoms with Crippen molar-refractivity contribution in [3.63, 3.8) is 0 Å². The number of hydrogen-bond acceptors (Lipinski definition) is 12. The lowest BCUT2D eigenvalue weighted by atomic mass is 10.1. The normalized spacial score (nSPS) is 11.4. The third kappa shape index (κ3) is 8.52. The molecule has 2 aromatic heterocycles. The maximum Gasteiger partial charge on any atom is 0.348 e. The van der Waals surface area contributed by atoms with Crippen LogP contribution in [0.15, 0.2) is 53.7 Å². The molecule has 4 aromatic rings. The minimum absolute atomic E-state index is 0.0419. The highest BCUT2D eigenvalue weighted by Gasteiger charge is 2.29. The molecule has 2 N–H and O–H groups in total. The summed E-state index contributed by atoms with van der Waals surface area (Å²) in [7, 11) is 1.55. The lowest BCUT2D eigenvalue weighted by Gasteiger charge is -2.15. The van der Waals surface area contributed by atoms with Crippen LogP contribution in [0.3, 0.4) is 0 Å². The van der Waals surface area contributed by atoms with Crippen LogP contribution in [0.4, 0.5) is 5.00 Å². The van der Waals surface area contributed by atoms with E-state index in [2.05, 4.69) is 20.8 Å². The smallest absolute Gasteiger partial charge is 0.348 e. The van der Waals surface area contributed by atoms with Crippen LogP contribution in [0, 0.1) is 6.92 Å². The minimum Gasteiger partial charge on any atom is -0.497 e. The zero-order valence-electron chi connectivity index (χ0n) is 27.4. The molecule has 15 heteroatoms. The SMILES string of the molecule is CCOC(=O)c1sc(NC(=O)[C@@H](C)Sc2nnc(CNC(=O)c3ccc(OC)cc3)n2-c2ccc(OCC)cc2)c(C(=O)OCC)c1C. The number of rotatable bonds is 15. The molecule has 0 saturated heterocycles. The van der Waals surface area contributed by atoms with Crippen molar-refractivity contribution in [2.75, 3.05) is 32.2 Å². The van der Waals surface area contributed by atoms with Crippen molar-refractivity contribution in [3.8, 4) is 17.2 Å². The predicted molar refractivity (Wildman–Crippen MR) is 182 cm³/mol. The summed E-state index contributed by atoms with van der Waals surface area (Å²) in [6, 6.07) is 14.0. The van der Waals surface area contributed by atoms with E-state index in [0.717, 1.165) is 23.1 Å². The first-order chi connectivity index (χ1) is 23.1. The number of aromatic nitrogens is 3. The largest absolute Gasteiger partial charge is 0.497 e. The first-order valence-electron chi connectivity index (χ1n) is 15.2. The van der Waals surface area contributed by atoms with Crippen molar-refractivity contribution >= 4 is 51.9 Å². The van der Waals surface area contributed by atoms with E-state index in [1.807, 2.05) is 19.1 Å². The fourth-order valence-corrected chi connectivity index (χ4v) is 6.46. The van der Waals surface area contributed by atoms with Crippen molar-refractivity contribution in [2.45, 2.75) is 51.6 Å². The molecule has 0 fully saturated rings. The highest BCUT2D eigenvalue weighted by molar-refractivity contribution is 8.00. The fraction of sp³-hybridized carbons (Fsp3) is 0.333. The van der Waals surface area contributed by atoms with E-state index < -0.39 is 23.1 Å². The monoisotopic (exact) mass is 695 g/mol. The maximum absolute atomic E-state index is 13.5. The Morgan fingerprint density at radius 1 is 0.896 bits per heavy atom. The molecule has 0 aliphatic rings. The second kappa shape index (κ2) is 16.8. The van der Waals surface area contributed by atoms with Crippen LogP contribution < -0.4 is 20.1 Å². The minimum atomic E-state index is -0.735. The third-order valence-corrected chi connectivity index (χ3v) is 9.07. The van der Waals surface area contributed by atoms with Crippen LogP contribution >= 0.6 is 23.1 Å². The molecule has 2 heterocycles. The number of anilines is 1. The van der Waals surface area contributed by atoms with E-state index in [1.165, 1.54) is 0 Å². The standard InChI is InChI=1S/C33H37N5O8S2/c1-7-44-24-16-12-22(13-17-24)38-25(18-34-29(40)21-10-14-23(43-6)15-11-21)36-37-33(38)47-20(5)28(39)35-30-26(31(41)45-8-2)19(4)27(48-30)32(42)46-9-3/h10-17,20H,7-9,18H2,1-6H3,(H,34,40)(H,35,39)/t20-/m1/s1. The molecule has 4 rings (SSSR count). The van der Waals surface area contributed by atoms with Gasteiger partial charge in [0.1, 0.15) is 21.4 Å². The third-order valence-electron chi connectivity index (χ3n) is 6.84. The molecule has 254 valence electrons. The van der Waals surface area contributed by atoms with E-state index in [-0.39, 0.29) is 41.1 Å². The van der Waals surface area contributed by atoms with E-state index >= 15 is 0 Å². The Bertz CT molecular complexity index is 1750. The van der Waals surface area contributed by atoms with Gasteiger partial charge in [0.15, 0.2) is 11.0 Å². The summed E-state index contributed by atoms with van der Waals surface area (Å²) in [6.07, 6.45) is 0. The Labute approximate surface area is 286 Å². The summed E-state index contributed by atoms with van der Waals surface area (Å²) in [5.74, 6) is -0.278. The zero-order valence-corrected chi connectivity index (χ0v) is 29.1. The van der Waals surface area contributed by atoms with E-state index in [4.69, 9.17) is 18.9 Å². The van der Waals surface area contributed by atoms with Gasteiger partial charge < -0.3 is 29.6 Å². The number of methoxy groups -OCH3 is 1. The van der Waals surface area contributed by atoms with Crippen LogP contribution in [0.5, 0.6) is 11.5 Å². The zero-order chi connectivity index (χ0) is 34.8. The Morgan fingerprint density at radius 2 is 1.54 bits per heavy atom. The summed E-state index contributed by atoms with van der Waals surface area (Å²) < 4.78 is 22.9. The van der Waals surface area contributed by atoms with E-state index in [0.29, 0.717) is 45.9 Å². The number of nitrogens with zero attached hydrogens (tertiary/aromatic N) is 3. The first kappa shape index (κ1) is 36.0. The topological polar surface area (TPSA) is 160 Å². The molecule has 2 amide bonds. The summed E-state index contributed by atoms with van der Waals surface area (Å²) in [5.41, 5.74) is 1.59. The Balaban J connectivity index is 1.59. The second-order valence-corrected chi connectivity index (χ2v) is 12.4. The van der Waals surface area contributed by atoms with Crippen LogP contribution in [-0.2, 0) is 20.8 Å². The molecule has 0 spiro atoms. The van der Waals surface area contributed by atoms with Gasteiger partial charge in [-0.25, -0.2) is 9.59 Å². The van der Waals surface area contributed by atoms with Crippen molar-refractivity contribution in [1.29, 1.82) is 0 Å². The Kier molecular flexibility index (Phi) is 12.6.